The van der Waals surface area contributed by atoms with Gasteiger partial charge in [0.2, 0.25) is 5.91 Å². The van der Waals surface area contributed by atoms with Crippen LogP contribution in [0.5, 0.6) is 0 Å². The fourth-order valence-electron chi connectivity index (χ4n) is 2.14. The number of imide groups is 1. The van der Waals surface area contributed by atoms with Crippen molar-refractivity contribution in [2.45, 2.75) is 12.5 Å². The number of hydrogen-bond acceptors (Lipinski definition) is 3. The quantitative estimate of drug-likeness (QED) is 0.746. The van der Waals surface area contributed by atoms with Crippen molar-refractivity contribution in [1.29, 1.82) is 0 Å². The molecular formula is C13H11N3O2. The number of nitrogens with zero attached hydrogens (tertiary/aromatic N) is 3. The van der Waals surface area contributed by atoms with Gasteiger partial charge in [0, 0.05) is 12.4 Å². The van der Waals surface area contributed by atoms with Gasteiger partial charge in [-0.05, 0) is 18.2 Å². The van der Waals surface area contributed by atoms with Crippen LogP contribution in [0.4, 0.5) is 5.69 Å². The number of rotatable bonds is 2. The van der Waals surface area contributed by atoms with Crippen LogP contribution in [-0.2, 0) is 9.59 Å². The summed E-state index contributed by atoms with van der Waals surface area (Å²) in [6, 6.07) is 10.2. The summed E-state index contributed by atoms with van der Waals surface area (Å²) in [6.45, 7) is 0. The average molecular weight is 241 g/mol. The Morgan fingerprint density at radius 3 is 2.56 bits per heavy atom. The SMILES string of the molecule is O=C1CC(n2cccn2)C(=O)N1c1ccccc1. The van der Waals surface area contributed by atoms with Crippen LogP contribution >= 0.6 is 0 Å². The van der Waals surface area contributed by atoms with Crippen LogP contribution < -0.4 is 4.90 Å². The summed E-state index contributed by atoms with van der Waals surface area (Å²) in [7, 11) is 0. The van der Waals surface area contributed by atoms with Crippen molar-refractivity contribution in [1.82, 2.24) is 9.78 Å². The van der Waals surface area contributed by atoms with E-state index in [1.54, 1.807) is 42.7 Å². The van der Waals surface area contributed by atoms with Gasteiger partial charge in [0.1, 0.15) is 6.04 Å². The summed E-state index contributed by atoms with van der Waals surface area (Å²) in [5, 5.41) is 4.03. The molecule has 1 saturated heterocycles. The van der Waals surface area contributed by atoms with Gasteiger partial charge in [0.05, 0.1) is 12.1 Å². The highest BCUT2D eigenvalue weighted by Gasteiger charge is 2.40. The predicted molar refractivity (Wildman–Crippen MR) is 64.8 cm³/mol. The van der Waals surface area contributed by atoms with Gasteiger partial charge in [-0.15, -0.1) is 0 Å². The second-order valence-electron chi connectivity index (χ2n) is 4.11. The molecule has 0 saturated carbocycles. The third-order valence-corrected chi connectivity index (χ3v) is 2.98. The van der Waals surface area contributed by atoms with Crippen molar-refractivity contribution in [3.8, 4) is 0 Å². The van der Waals surface area contributed by atoms with Gasteiger partial charge >= 0.3 is 0 Å². The molecule has 5 nitrogen and oxygen atoms in total. The summed E-state index contributed by atoms with van der Waals surface area (Å²) >= 11 is 0. The second kappa shape index (κ2) is 4.10. The number of hydrogen-bond donors (Lipinski definition) is 0. The molecule has 2 aromatic rings. The van der Waals surface area contributed by atoms with Crippen LogP contribution in [-0.4, -0.2) is 21.6 Å². The maximum absolute atomic E-state index is 12.3. The van der Waals surface area contributed by atoms with E-state index in [1.807, 2.05) is 6.07 Å². The molecule has 5 heteroatoms. The number of benzene rings is 1. The van der Waals surface area contributed by atoms with Crippen molar-refractivity contribution < 1.29 is 9.59 Å². The first-order chi connectivity index (χ1) is 8.77. The average Bonchev–Trinajstić information content (AvgIpc) is 2.99. The molecule has 1 aliphatic rings. The van der Waals surface area contributed by atoms with Crippen LogP contribution in [0.3, 0.4) is 0 Å². The standard InChI is InChI=1S/C13H11N3O2/c17-12-9-11(15-8-4-7-14-15)13(18)16(12)10-5-2-1-3-6-10/h1-8,11H,9H2. The summed E-state index contributed by atoms with van der Waals surface area (Å²) in [5.74, 6) is -0.415. The van der Waals surface area contributed by atoms with Crippen molar-refractivity contribution in [2.75, 3.05) is 4.90 Å². The van der Waals surface area contributed by atoms with Gasteiger partial charge in [-0.3, -0.25) is 14.3 Å². The molecule has 1 aliphatic heterocycles. The Hall–Kier alpha value is -2.43. The lowest BCUT2D eigenvalue weighted by molar-refractivity contribution is -0.122. The Morgan fingerprint density at radius 2 is 1.89 bits per heavy atom. The van der Waals surface area contributed by atoms with Crippen LogP contribution in [0.2, 0.25) is 0 Å². The third-order valence-electron chi connectivity index (χ3n) is 2.98. The maximum atomic E-state index is 12.3. The molecule has 2 heterocycles. The molecule has 18 heavy (non-hydrogen) atoms. The zero-order valence-electron chi connectivity index (χ0n) is 9.56. The van der Waals surface area contributed by atoms with Crippen molar-refractivity contribution in [3.05, 3.63) is 48.8 Å². The summed E-state index contributed by atoms with van der Waals surface area (Å²) < 4.78 is 1.53. The van der Waals surface area contributed by atoms with Crippen LogP contribution in [0.1, 0.15) is 12.5 Å². The molecular weight excluding hydrogens is 230 g/mol. The van der Waals surface area contributed by atoms with Crippen LogP contribution in [0.25, 0.3) is 0 Å². The molecule has 0 radical (unpaired) electrons. The normalized spacial score (nSPS) is 19.6. The van der Waals surface area contributed by atoms with Gasteiger partial charge < -0.3 is 0 Å². The Kier molecular flexibility index (Phi) is 2.44. The highest BCUT2D eigenvalue weighted by Crippen LogP contribution is 2.28. The number of anilines is 1. The molecule has 0 N–H and O–H groups in total. The molecule has 0 aliphatic carbocycles. The van der Waals surface area contributed by atoms with Gasteiger partial charge in [-0.2, -0.15) is 5.10 Å². The van der Waals surface area contributed by atoms with E-state index in [4.69, 9.17) is 0 Å². The molecule has 3 rings (SSSR count). The Bertz CT molecular complexity index is 578. The smallest absolute Gasteiger partial charge is 0.259 e. The number of carbonyl (C=O) groups is 2. The van der Waals surface area contributed by atoms with Crippen LogP contribution in [0.15, 0.2) is 48.8 Å². The highest BCUT2D eigenvalue weighted by atomic mass is 16.2. The Morgan fingerprint density at radius 1 is 1.11 bits per heavy atom. The highest BCUT2D eigenvalue weighted by molar-refractivity contribution is 6.21. The van der Waals surface area contributed by atoms with Crippen molar-refractivity contribution >= 4 is 17.5 Å². The zero-order valence-corrected chi connectivity index (χ0v) is 9.56. The minimum atomic E-state index is -0.521. The van der Waals surface area contributed by atoms with E-state index in [0.717, 1.165) is 0 Å². The third kappa shape index (κ3) is 1.60. The molecule has 90 valence electrons. The van der Waals surface area contributed by atoms with E-state index in [9.17, 15) is 9.59 Å². The lowest BCUT2D eigenvalue weighted by atomic mass is 10.2. The number of aromatic nitrogens is 2. The number of carbonyl (C=O) groups excluding carboxylic acids is 2. The Labute approximate surface area is 104 Å². The van der Waals surface area contributed by atoms with E-state index in [2.05, 4.69) is 5.10 Å². The summed E-state index contributed by atoms with van der Waals surface area (Å²) in [6.07, 6.45) is 3.46. The van der Waals surface area contributed by atoms with E-state index in [-0.39, 0.29) is 18.2 Å². The van der Waals surface area contributed by atoms with E-state index < -0.39 is 6.04 Å². The summed E-state index contributed by atoms with van der Waals surface area (Å²) in [5.41, 5.74) is 0.613. The molecule has 0 bridgehead atoms. The topological polar surface area (TPSA) is 55.2 Å². The fourth-order valence-corrected chi connectivity index (χ4v) is 2.14. The van der Waals surface area contributed by atoms with E-state index in [0.29, 0.717) is 5.69 Å². The molecule has 0 spiro atoms. The molecule has 1 fully saturated rings. The molecule has 1 aromatic heterocycles. The predicted octanol–water partition coefficient (Wildman–Crippen LogP) is 1.39. The molecule has 1 atom stereocenters. The molecule has 1 unspecified atom stereocenters. The van der Waals surface area contributed by atoms with Crippen molar-refractivity contribution in [2.24, 2.45) is 0 Å². The van der Waals surface area contributed by atoms with E-state index >= 15 is 0 Å². The van der Waals surface area contributed by atoms with E-state index in [1.165, 1.54) is 9.58 Å². The molecule has 2 amide bonds. The zero-order chi connectivity index (χ0) is 12.5. The Balaban J connectivity index is 1.95. The molecule has 1 aromatic carbocycles. The van der Waals surface area contributed by atoms with Gasteiger partial charge in [0.15, 0.2) is 0 Å². The largest absolute Gasteiger partial charge is 0.274 e. The van der Waals surface area contributed by atoms with Crippen molar-refractivity contribution in [3.63, 3.8) is 0 Å². The second-order valence-corrected chi connectivity index (χ2v) is 4.11. The lowest BCUT2D eigenvalue weighted by Crippen LogP contribution is -2.31. The maximum Gasteiger partial charge on any atom is 0.259 e. The van der Waals surface area contributed by atoms with Gasteiger partial charge in [-0.25, -0.2) is 4.90 Å². The monoisotopic (exact) mass is 241 g/mol. The number of amides is 2. The first-order valence-corrected chi connectivity index (χ1v) is 5.68. The van der Waals surface area contributed by atoms with Gasteiger partial charge in [0.25, 0.3) is 5.91 Å². The lowest BCUT2D eigenvalue weighted by Gasteiger charge is -2.14. The number of para-hydroxylation sites is 1. The first-order valence-electron chi connectivity index (χ1n) is 5.68. The minimum absolute atomic E-state index is 0.162. The summed E-state index contributed by atoms with van der Waals surface area (Å²) in [4.78, 5) is 25.4. The first kappa shape index (κ1) is 10.7. The van der Waals surface area contributed by atoms with Crippen LogP contribution in [0, 0.1) is 0 Å². The fraction of sp³-hybridized carbons (Fsp3) is 0.154. The minimum Gasteiger partial charge on any atom is -0.274 e. The van der Waals surface area contributed by atoms with Gasteiger partial charge in [-0.1, -0.05) is 18.2 Å².